The van der Waals surface area contributed by atoms with Gasteiger partial charge in [0.25, 0.3) is 0 Å². The Labute approximate surface area is 79.2 Å². The molecule has 0 aliphatic heterocycles. The molecule has 0 aliphatic rings. The molecule has 0 fully saturated rings. The number of nitrogens with zero attached hydrogens (tertiary/aromatic N) is 1. The number of amides is 1. The lowest BCUT2D eigenvalue weighted by Crippen LogP contribution is -2.26. The number of pyridine rings is 1. The van der Waals surface area contributed by atoms with Crippen LogP contribution in [0.1, 0.15) is 11.8 Å². The van der Waals surface area contributed by atoms with Gasteiger partial charge in [0.05, 0.1) is 18.4 Å². The first-order chi connectivity index (χ1) is 6.59. The van der Waals surface area contributed by atoms with Gasteiger partial charge in [0.2, 0.25) is 0 Å². The van der Waals surface area contributed by atoms with E-state index in [1.54, 1.807) is 0 Å². The molecule has 0 radical (unpaired) electrons. The second-order valence-corrected chi connectivity index (χ2v) is 2.60. The van der Waals surface area contributed by atoms with E-state index < -0.39 is 18.0 Å². The number of aliphatic hydroxyl groups excluding tert-OH is 1. The van der Waals surface area contributed by atoms with Crippen LogP contribution in [0.5, 0.6) is 0 Å². The van der Waals surface area contributed by atoms with Gasteiger partial charge in [-0.1, -0.05) is 0 Å². The van der Waals surface area contributed by atoms with Crippen molar-refractivity contribution in [2.75, 3.05) is 6.54 Å². The molecular weight excluding hydrogens is 191 g/mol. The Morgan fingerprint density at radius 2 is 2.36 bits per heavy atom. The number of hydrogen-bond acceptors (Lipinski definition) is 3. The molecule has 1 atom stereocenters. The van der Waals surface area contributed by atoms with E-state index in [1.807, 2.05) is 5.32 Å². The maximum Gasteiger partial charge on any atom is 0.404 e. The van der Waals surface area contributed by atoms with Crippen molar-refractivity contribution in [3.8, 4) is 0 Å². The largest absolute Gasteiger partial charge is 0.465 e. The Morgan fingerprint density at radius 1 is 1.64 bits per heavy atom. The quantitative estimate of drug-likeness (QED) is 0.664. The molecule has 0 saturated heterocycles. The minimum atomic E-state index is -1.23. The van der Waals surface area contributed by atoms with Crippen molar-refractivity contribution in [1.82, 2.24) is 10.3 Å². The van der Waals surface area contributed by atoms with Gasteiger partial charge in [0, 0.05) is 0 Å². The maximum absolute atomic E-state index is 12.4. The van der Waals surface area contributed by atoms with E-state index >= 15 is 0 Å². The average Bonchev–Trinajstić information content (AvgIpc) is 2.15. The van der Waals surface area contributed by atoms with Gasteiger partial charge < -0.3 is 15.5 Å². The van der Waals surface area contributed by atoms with Gasteiger partial charge in [0.1, 0.15) is 11.9 Å². The number of hydrogen-bond donors (Lipinski definition) is 3. The molecule has 1 aromatic heterocycles. The molecule has 76 valence electrons. The normalized spacial score (nSPS) is 12.1. The molecule has 0 aliphatic carbocycles. The highest BCUT2D eigenvalue weighted by atomic mass is 19.1. The molecule has 5 nitrogen and oxygen atoms in total. The molecule has 1 aromatic rings. The van der Waals surface area contributed by atoms with Crippen LogP contribution in [0.15, 0.2) is 18.3 Å². The third kappa shape index (κ3) is 2.98. The summed E-state index contributed by atoms with van der Waals surface area (Å²) >= 11 is 0. The lowest BCUT2D eigenvalue weighted by Gasteiger charge is -2.08. The van der Waals surface area contributed by atoms with Crippen LogP contribution in [0.3, 0.4) is 0 Å². The molecule has 1 heterocycles. The first-order valence-electron chi connectivity index (χ1n) is 3.86. The SMILES string of the molecule is O=C(O)NCC(O)c1ccc(F)cn1. The number of rotatable bonds is 3. The molecule has 1 amide bonds. The van der Waals surface area contributed by atoms with E-state index in [0.717, 1.165) is 12.3 Å². The van der Waals surface area contributed by atoms with Gasteiger partial charge in [-0.3, -0.25) is 4.98 Å². The highest BCUT2D eigenvalue weighted by Gasteiger charge is 2.09. The van der Waals surface area contributed by atoms with Crippen molar-refractivity contribution in [2.24, 2.45) is 0 Å². The second kappa shape index (κ2) is 4.52. The van der Waals surface area contributed by atoms with Crippen LogP contribution < -0.4 is 5.32 Å². The number of aromatic nitrogens is 1. The van der Waals surface area contributed by atoms with Crippen molar-refractivity contribution in [1.29, 1.82) is 0 Å². The smallest absolute Gasteiger partial charge is 0.404 e. The van der Waals surface area contributed by atoms with Gasteiger partial charge in [-0.05, 0) is 12.1 Å². The summed E-state index contributed by atoms with van der Waals surface area (Å²) in [5.41, 5.74) is 0.222. The summed E-state index contributed by atoms with van der Waals surface area (Å²) in [6.45, 7) is -0.173. The third-order valence-corrected chi connectivity index (χ3v) is 1.54. The van der Waals surface area contributed by atoms with Gasteiger partial charge in [-0.2, -0.15) is 0 Å². The zero-order chi connectivity index (χ0) is 10.6. The summed E-state index contributed by atoms with van der Waals surface area (Å²) in [5.74, 6) is -0.507. The van der Waals surface area contributed by atoms with E-state index in [9.17, 15) is 14.3 Å². The van der Waals surface area contributed by atoms with Crippen molar-refractivity contribution in [3.63, 3.8) is 0 Å². The van der Waals surface area contributed by atoms with Gasteiger partial charge in [-0.25, -0.2) is 9.18 Å². The maximum atomic E-state index is 12.4. The van der Waals surface area contributed by atoms with Gasteiger partial charge in [-0.15, -0.1) is 0 Å². The monoisotopic (exact) mass is 200 g/mol. The number of nitrogens with one attached hydrogen (secondary N) is 1. The Morgan fingerprint density at radius 3 is 2.86 bits per heavy atom. The number of halogens is 1. The number of carbonyl (C=O) groups is 1. The molecule has 0 saturated carbocycles. The Hall–Kier alpha value is -1.69. The predicted molar refractivity (Wildman–Crippen MR) is 45.2 cm³/mol. The molecule has 6 heteroatoms. The Balaban J connectivity index is 2.56. The topological polar surface area (TPSA) is 82.5 Å². The third-order valence-electron chi connectivity index (χ3n) is 1.54. The number of carboxylic acid groups (broad SMARTS) is 1. The molecule has 1 rings (SSSR count). The fourth-order valence-electron chi connectivity index (χ4n) is 0.873. The fourth-order valence-corrected chi connectivity index (χ4v) is 0.873. The first-order valence-corrected chi connectivity index (χ1v) is 3.86. The minimum Gasteiger partial charge on any atom is -0.465 e. The molecule has 0 spiro atoms. The summed E-state index contributed by atoms with van der Waals surface area (Å²) < 4.78 is 12.4. The van der Waals surface area contributed by atoms with Crippen LogP contribution in [0.25, 0.3) is 0 Å². The second-order valence-electron chi connectivity index (χ2n) is 2.60. The molecule has 3 N–H and O–H groups in total. The average molecular weight is 200 g/mol. The number of aliphatic hydroxyl groups is 1. The highest BCUT2D eigenvalue weighted by molar-refractivity contribution is 5.64. The zero-order valence-corrected chi connectivity index (χ0v) is 7.14. The molecule has 0 bridgehead atoms. The van der Waals surface area contributed by atoms with Crippen LogP contribution in [-0.2, 0) is 0 Å². The fraction of sp³-hybridized carbons (Fsp3) is 0.250. The van der Waals surface area contributed by atoms with Crippen molar-refractivity contribution >= 4 is 6.09 Å². The summed E-state index contributed by atoms with van der Waals surface area (Å²) in [6.07, 6.45) is -1.34. The van der Waals surface area contributed by atoms with E-state index in [2.05, 4.69) is 4.98 Å². The van der Waals surface area contributed by atoms with Crippen LogP contribution in [0.4, 0.5) is 9.18 Å². The first kappa shape index (κ1) is 10.4. The molecule has 1 unspecified atom stereocenters. The van der Waals surface area contributed by atoms with E-state index in [0.29, 0.717) is 0 Å². The minimum absolute atomic E-state index is 0.173. The van der Waals surface area contributed by atoms with Crippen LogP contribution in [0.2, 0.25) is 0 Å². The predicted octanol–water partition coefficient (Wildman–Crippen LogP) is 0.522. The van der Waals surface area contributed by atoms with Crippen molar-refractivity contribution in [2.45, 2.75) is 6.10 Å². The van der Waals surface area contributed by atoms with Crippen molar-refractivity contribution in [3.05, 3.63) is 29.8 Å². The van der Waals surface area contributed by atoms with Crippen LogP contribution in [-0.4, -0.2) is 27.8 Å². The Kier molecular flexibility index (Phi) is 3.35. The standard InChI is InChI=1S/C8H9FN2O3/c9-5-1-2-6(10-3-5)7(12)4-11-8(13)14/h1-3,7,11-12H,4H2,(H,13,14). The van der Waals surface area contributed by atoms with E-state index in [1.165, 1.54) is 6.07 Å². The molecule has 0 aromatic carbocycles. The molecule has 14 heavy (non-hydrogen) atoms. The van der Waals surface area contributed by atoms with Gasteiger partial charge >= 0.3 is 6.09 Å². The summed E-state index contributed by atoms with van der Waals surface area (Å²) in [5, 5.41) is 19.6. The van der Waals surface area contributed by atoms with Crippen molar-refractivity contribution < 1.29 is 19.4 Å². The van der Waals surface area contributed by atoms with Crippen LogP contribution >= 0.6 is 0 Å². The molecular formula is C8H9FN2O3. The zero-order valence-electron chi connectivity index (χ0n) is 7.14. The van der Waals surface area contributed by atoms with E-state index in [-0.39, 0.29) is 12.2 Å². The van der Waals surface area contributed by atoms with E-state index in [4.69, 9.17) is 5.11 Å². The highest BCUT2D eigenvalue weighted by Crippen LogP contribution is 2.08. The van der Waals surface area contributed by atoms with Crippen LogP contribution in [0, 0.1) is 5.82 Å². The lowest BCUT2D eigenvalue weighted by atomic mass is 10.2. The summed E-state index contributed by atoms with van der Waals surface area (Å²) in [7, 11) is 0. The lowest BCUT2D eigenvalue weighted by molar-refractivity contribution is 0.156. The van der Waals surface area contributed by atoms with Gasteiger partial charge in [0.15, 0.2) is 0 Å². The summed E-state index contributed by atoms with van der Waals surface area (Å²) in [6, 6.07) is 2.44. The Bertz CT molecular complexity index is 315. The summed E-state index contributed by atoms with van der Waals surface area (Å²) in [4.78, 5) is 13.7.